The molecule has 144 valence electrons. The van der Waals surface area contributed by atoms with Gasteiger partial charge in [-0.15, -0.1) is 0 Å². The Labute approximate surface area is 164 Å². The number of hydrogen-bond acceptors (Lipinski definition) is 2. The molecule has 1 atom stereocenters. The Balaban J connectivity index is 1.66. The van der Waals surface area contributed by atoms with Gasteiger partial charge in [0.25, 0.3) is 0 Å². The number of H-pyrrole nitrogens is 1. The van der Waals surface area contributed by atoms with Crippen LogP contribution in [0.15, 0.2) is 60.8 Å². The first-order valence-electron chi connectivity index (χ1n) is 9.30. The Bertz CT molecular complexity index is 1000. The molecule has 1 heterocycles. The van der Waals surface area contributed by atoms with Gasteiger partial charge in [-0.2, -0.15) is 0 Å². The van der Waals surface area contributed by atoms with Crippen LogP contribution in [0.25, 0.3) is 17.0 Å². The number of carbonyl (C=O) groups is 2. The second-order valence-corrected chi connectivity index (χ2v) is 7.12. The van der Waals surface area contributed by atoms with Gasteiger partial charge in [-0.25, -0.2) is 4.79 Å². The van der Waals surface area contributed by atoms with E-state index in [0.29, 0.717) is 5.92 Å². The lowest BCUT2D eigenvalue weighted by atomic mass is 10.0. The van der Waals surface area contributed by atoms with Gasteiger partial charge in [0.05, 0.1) is 0 Å². The van der Waals surface area contributed by atoms with Gasteiger partial charge in [0.1, 0.15) is 6.04 Å². The zero-order valence-corrected chi connectivity index (χ0v) is 16.0. The minimum absolute atomic E-state index is 0.210. The van der Waals surface area contributed by atoms with Crippen molar-refractivity contribution < 1.29 is 14.7 Å². The molecule has 0 radical (unpaired) electrons. The van der Waals surface area contributed by atoms with E-state index >= 15 is 0 Å². The SMILES string of the molecule is CC(C)c1ccc(/C=C/C(=O)N[C@@H](Cc2c[nH]c3ccccc23)C(=O)O)cc1. The molecule has 0 saturated heterocycles. The molecule has 1 aromatic heterocycles. The third-order valence-electron chi connectivity index (χ3n) is 4.74. The third kappa shape index (κ3) is 4.68. The summed E-state index contributed by atoms with van der Waals surface area (Å²) in [5.41, 5.74) is 3.92. The van der Waals surface area contributed by atoms with E-state index in [1.165, 1.54) is 11.6 Å². The van der Waals surface area contributed by atoms with Crippen molar-refractivity contribution in [3.8, 4) is 0 Å². The van der Waals surface area contributed by atoms with Crippen molar-refractivity contribution >= 4 is 28.9 Å². The van der Waals surface area contributed by atoms with Crippen LogP contribution in [0, 0.1) is 0 Å². The highest BCUT2D eigenvalue weighted by Crippen LogP contribution is 2.19. The van der Waals surface area contributed by atoms with Gasteiger partial charge in [0.15, 0.2) is 0 Å². The summed E-state index contributed by atoms with van der Waals surface area (Å²) in [5.74, 6) is -1.05. The van der Waals surface area contributed by atoms with Gasteiger partial charge in [0, 0.05) is 29.6 Å². The summed E-state index contributed by atoms with van der Waals surface area (Å²) in [6.07, 6.45) is 5.06. The number of hydrogen-bond donors (Lipinski definition) is 3. The van der Waals surface area contributed by atoms with Gasteiger partial charge in [0.2, 0.25) is 5.91 Å². The van der Waals surface area contributed by atoms with Crippen molar-refractivity contribution in [1.29, 1.82) is 0 Å². The molecule has 3 N–H and O–H groups in total. The van der Waals surface area contributed by atoms with Crippen LogP contribution < -0.4 is 5.32 Å². The second-order valence-electron chi connectivity index (χ2n) is 7.12. The van der Waals surface area contributed by atoms with Crippen molar-refractivity contribution in [3.05, 3.63) is 77.5 Å². The standard InChI is InChI=1S/C23H24N2O3/c1-15(2)17-10-7-16(8-11-17)9-12-22(26)25-21(23(27)28)13-18-14-24-20-6-4-3-5-19(18)20/h3-12,14-15,21,24H,13H2,1-2H3,(H,25,26)(H,27,28)/b12-9+/t21-/m0/s1. The molecule has 5 heteroatoms. The summed E-state index contributed by atoms with van der Waals surface area (Å²) in [6, 6.07) is 14.6. The maximum atomic E-state index is 12.2. The number of carboxylic acids is 1. The molecular weight excluding hydrogens is 352 g/mol. The molecular formula is C23H24N2O3. The molecule has 28 heavy (non-hydrogen) atoms. The van der Waals surface area contributed by atoms with E-state index in [9.17, 15) is 14.7 Å². The molecule has 3 rings (SSSR count). The molecule has 0 aliphatic carbocycles. The summed E-state index contributed by atoms with van der Waals surface area (Å²) < 4.78 is 0. The number of aliphatic carboxylic acids is 1. The van der Waals surface area contributed by atoms with Crippen LogP contribution >= 0.6 is 0 Å². The number of para-hydroxylation sites is 1. The first-order chi connectivity index (χ1) is 13.4. The highest BCUT2D eigenvalue weighted by Gasteiger charge is 2.21. The number of nitrogens with one attached hydrogen (secondary N) is 2. The number of amides is 1. The molecule has 0 fully saturated rings. The van der Waals surface area contributed by atoms with Gasteiger partial charge in [-0.05, 0) is 34.8 Å². The van der Waals surface area contributed by atoms with E-state index < -0.39 is 17.9 Å². The van der Waals surface area contributed by atoms with Gasteiger partial charge < -0.3 is 15.4 Å². The Kier molecular flexibility index (Phi) is 5.94. The van der Waals surface area contributed by atoms with E-state index in [1.807, 2.05) is 48.5 Å². The fourth-order valence-electron chi connectivity index (χ4n) is 3.10. The van der Waals surface area contributed by atoms with Crippen LogP contribution in [0.4, 0.5) is 0 Å². The van der Waals surface area contributed by atoms with Crippen molar-refractivity contribution in [2.24, 2.45) is 0 Å². The highest BCUT2D eigenvalue weighted by atomic mass is 16.4. The van der Waals surface area contributed by atoms with E-state index in [1.54, 1.807) is 12.3 Å². The van der Waals surface area contributed by atoms with Crippen molar-refractivity contribution in [3.63, 3.8) is 0 Å². The fourth-order valence-corrected chi connectivity index (χ4v) is 3.10. The summed E-state index contributed by atoms with van der Waals surface area (Å²) in [4.78, 5) is 27.0. The van der Waals surface area contributed by atoms with Crippen LogP contribution in [-0.4, -0.2) is 28.0 Å². The first kappa shape index (κ1) is 19.4. The zero-order valence-electron chi connectivity index (χ0n) is 16.0. The molecule has 0 aliphatic heterocycles. The van der Waals surface area contributed by atoms with Crippen LogP contribution in [0.5, 0.6) is 0 Å². The van der Waals surface area contributed by atoms with Crippen LogP contribution in [0.1, 0.15) is 36.5 Å². The van der Waals surface area contributed by atoms with E-state index in [0.717, 1.165) is 22.0 Å². The van der Waals surface area contributed by atoms with Gasteiger partial charge in [-0.3, -0.25) is 4.79 Å². The average Bonchev–Trinajstić information content (AvgIpc) is 3.09. The number of aromatic nitrogens is 1. The largest absolute Gasteiger partial charge is 0.480 e. The van der Waals surface area contributed by atoms with E-state index in [2.05, 4.69) is 24.1 Å². The maximum Gasteiger partial charge on any atom is 0.326 e. The quantitative estimate of drug-likeness (QED) is 0.543. The van der Waals surface area contributed by atoms with Crippen LogP contribution in [-0.2, 0) is 16.0 Å². The normalized spacial score (nSPS) is 12.5. The number of carboxylic acid groups (broad SMARTS) is 1. The zero-order chi connectivity index (χ0) is 20.1. The van der Waals surface area contributed by atoms with Gasteiger partial charge in [-0.1, -0.05) is 56.3 Å². The number of rotatable bonds is 7. The molecule has 0 unspecified atom stereocenters. The fraction of sp³-hybridized carbons (Fsp3) is 0.217. The smallest absolute Gasteiger partial charge is 0.326 e. The number of fused-ring (bicyclic) bond motifs is 1. The summed E-state index contributed by atoms with van der Waals surface area (Å²) in [5, 5.41) is 13.1. The second kappa shape index (κ2) is 8.57. The van der Waals surface area contributed by atoms with Gasteiger partial charge >= 0.3 is 5.97 Å². The van der Waals surface area contributed by atoms with Crippen LogP contribution in [0.3, 0.4) is 0 Å². The molecule has 0 saturated carbocycles. The highest BCUT2D eigenvalue weighted by molar-refractivity contribution is 5.94. The Morgan fingerprint density at radius 1 is 1.11 bits per heavy atom. The summed E-state index contributed by atoms with van der Waals surface area (Å²) in [7, 11) is 0. The Morgan fingerprint density at radius 2 is 1.82 bits per heavy atom. The number of carbonyl (C=O) groups excluding carboxylic acids is 1. The van der Waals surface area contributed by atoms with E-state index in [-0.39, 0.29) is 6.42 Å². The number of aromatic amines is 1. The monoisotopic (exact) mass is 376 g/mol. The molecule has 0 bridgehead atoms. The topological polar surface area (TPSA) is 82.2 Å². The van der Waals surface area contributed by atoms with Crippen LogP contribution in [0.2, 0.25) is 0 Å². The van der Waals surface area contributed by atoms with Crippen molar-refractivity contribution in [1.82, 2.24) is 10.3 Å². The molecule has 3 aromatic rings. The summed E-state index contributed by atoms with van der Waals surface area (Å²) >= 11 is 0. The lowest BCUT2D eigenvalue weighted by Crippen LogP contribution is -2.41. The lowest BCUT2D eigenvalue weighted by molar-refractivity contribution is -0.141. The first-order valence-corrected chi connectivity index (χ1v) is 9.30. The maximum absolute atomic E-state index is 12.2. The minimum Gasteiger partial charge on any atom is -0.480 e. The number of benzene rings is 2. The van der Waals surface area contributed by atoms with Crippen molar-refractivity contribution in [2.45, 2.75) is 32.2 Å². The molecule has 5 nitrogen and oxygen atoms in total. The average molecular weight is 376 g/mol. The van der Waals surface area contributed by atoms with Crippen molar-refractivity contribution in [2.75, 3.05) is 0 Å². The molecule has 0 spiro atoms. The third-order valence-corrected chi connectivity index (χ3v) is 4.74. The predicted octanol–water partition coefficient (Wildman–Crippen LogP) is 4.12. The Hall–Kier alpha value is -3.34. The van der Waals surface area contributed by atoms with E-state index in [4.69, 9.17) is 0 Å². The minimum atomic E-state index is -1.06. The Morgan fingerprint density at radius 3 is 2.50 bits per heavy atom. The molecule has 2 aromatic carbocycles. The molecule has 1 amide bonds. The lowest BCUT2D eigenvalue weighted by Gasteiger charge is -2.13. The molecule has 0 aliphatic rings. The summed E-state index contributed by atoms with van der Waals surface area (Å²) in [6.45, 7) is 4.25. The predicted molar refractivity (Wildman–Crippen MR) is 111 cm³/mol.